The van der Waals surface area contributed by atoms with Gasteiger partial charge in [0.1, 0.15) is 0 Å². The third-order valence-electron chi connectivity index (χ3n) is 3.86. The summed E-state index contributed by atoms with van der Waals surface area (Å²) >= 11 is 3.41. The molecule has 0 aromatic heterocycles. The van der Waals surface area contributed by atoms with Gasteiger partial charge in [-0.25, -0.2) is 0 Å². The number of carbonyl (C=O) groups excluding carboxylic acids is 1. The average molecular weight is 340 g/mol. The van der Waals surface area contributed by atoms with E-state index in [1.54, 1.807) is 0 Å². The Labute approximate surface area is 128 Å². The van der Waals surface area contributed by atoms with Crippen LogP contribution in [0.3, 0.4) is 0 Å². The average Bonchev–Trinajstić information content (AvgIpc) is 2.68. The molecule has 1 amide bonds. The van der Waals surface area contributed by atoms with Crippen molar-refractivity contribution >= 4 is 21.8 Å². The van der Waals surface area contributed by atoms with Crippen LogP contribution < -0.4 is 11.1 Å². The van der Waals surface area contributed by atoms with Gasteiger partial charge in [0.05, 0.1) is 12.6 Å². The molecule has 1 aliphatic heterocycles. The number of likely N-dealkylation sites (tertiary alicyclic amines) is 1. The molecule has 0 aliphatic carbocycles. The summed E-state index contributed by atoms with van der Waals surface area (Å²) < 4.78 is 1.04. The van der Waals surface area contributed by atoms with E-state index in [1.165, 1.54) is 0 Å². The van der Waals surface area contributed by atoms with Crippen LogP contribution in [0.2, 0.25) is 0 Å². The smallest absolute Gasteiger partial charge is 0.234 e. The summed E-state index contributed by atoms with van der Waals surface area (Å²) in [6.07, 6.45) is 0. The summed E-state index contributed by atoms with van der Waals surface area (Å²) in [6, 6.07) is 8.21. The summed E-state index contributed by atoms with van der Waals surface area (Å²) in [5.41, 5.74) is 7.08. The molecule has 3 atom stereocenters. The van der Waals surface area contributed by atoms with E-state index in [-0.39, 0.29) is 18.0 Å². The Morgan fingerprint density at radius 1 is 1.45 bits per heavy atom. The molecule has 1 aromatic carbocycles. The van der Waals surface area contributed by atoms with Gasteiger partial charge in [0, 0.05) is 23.6 Å². The minimum Gasteiger partial charge on any atom is -0.348 e. The molecule has 2 rings (SSSR count). The van der Waals surface area contributed by atoms with Gasteiger partial charge in [-0.05, 0) is 30.5 Å². The topological polar surface area (TPSA) is 58.4 Å². The van der Waals surface area contributed by atoms with E-state index in [2.05, 4.69) is 33.1 Å². The zero-order valence-electron chi connectivity index (χ0n) is 12.0. The molecule has 20 heavy (non-hydrogen) atoms. The maximum Gasteiger partial charge on any atom is 0.234 e. The normalized spacial score (nSPS) is 24.6. The fourth-order valence-electron chi connectivity index (χ4n) is 2.55. The Morgan fingerprint density at radius 3 is 2.65 bits per heavy atom. The van der Waals surface area contributed by atoms with Crippen molar-refractivity contribution in [3.05, 3.63) is 34.3 Å². The highest BCUT2D eigenvalue weighted by Gasteiger charge is 2.27. The van der Waals surface area contributed by atoms with E-state index >= 15 is 0 Å². The number of hydrogen-bond donors (Lipinski definition) is 2. The van der Waals surface area contributed by atoms with Crippen LogP contribution in [-0.4, -0.2) is 36.5 Å². The van der Waals surface area contributed by atoms with Gasteiger partial charge in [0.15, 0.2) is 0 Å². The second-order valence-electron chi connectivity index (χ2n) is 5.68. The molecule has 0 saturated carbocycles. The molecule has 0 radical (unpaired) electrons. The second-order valence-corrected chi connectivity index (χ2v) is 6.59. The second kappa shape index (κ2) is 6.70. The van der Waals surface area contributed by atoms with E-state index in [9.17, 15) is 4.79 Å². The summed E-state index contributed by atoms with van der Waals surface area (Å²) in [7, 11) is 0. The molecule has 0 bridgehead atoms. The minimum atomic E-state index is 0.0179. The van der Waals surface area contributed by atoms with Crippen LogP contribution in [0.5, 0.6) is 0 Å². The van der Waals surface area contributed by atoms with E-state index in [4.69, 9.17) is 5.73 Å². The van der Waals surface area contributed by atoms with Gasteiger partial charge < -0.3 is 11.1 Å². The predicted octanol–water partition coefficient (Wildman–Crippen LogP) is 1.91. The van der Waals surface area contributed by atoms with Crippen molar-refractivity contribution in [3.63, 3.8) is 0 Å². The van der Waals surface area contributed by atoms with E-state index in [1.807, 2.05) is 31.2 Å². The van der Waals surface area contributed by atoms with Crippen molar-refractivity contribution in [2.45, 2.75) is 25.9 Å². The number of benzene rings is 1. The van der Waals surface area contributed by atoms with Crippen LogP contribution >= 0.6 is 15.9 Å². The van der Waals surface area contributed by atoms with Crippen LogP contribution in [0.4, 0.5) is 0 Å². The standard InChI is InChI=1S/C15H22BrN3O/c1-10-7-19(8-14(10)17)9-15(20)18-11(2)12-3-5-13(16)6-4-12/h3-6,10-11,14H,7-9,17H2,1-2H3,(H,18,20). The lowest BCUT2D eigenvalue weighted by Crippen LogP contribution is -2.38. The van der Waals surface area contributed by atoms with Gasteiger partial charge in [-0.15, -0.1) is 0 Å². The lowest BCUT2D eigenvalue weighted by molar-refractivity contribution is -0.122. The van der Waals surface area contributed by atoms with Gasteiger partial charge in [0.25, 0.3) is 0 Å². The summed E-state index contributed by atoms with van der Waals surface area (Å²) in [6.45, 7) is 6.27. The highest BCUT2D eigenvalue weighted by Crippen LogP contribution is 2.17. The van der Waals surface area contributed by atoms with E-state index < -0.39 is 0 Å². The minimum absolute atomic E-state index is 0.0179. The molecule has 110 valence electrons. The molecule has 3 unspecified atom stereocenters. The predicted molar refractivity (Wildman–Crippen MR) is 84.3 cm³/mol. The maximum atomic E-state index is 12.1. The van der Waals surface area contributed by atoms with Crippen LogP contribution in [-0.2, 0) is 4.79 Å². The number of carbonyl (C=O) groups is 1. The fraction of sp³-hybridized carbons (Fsp3) is 0.533. The van der Waals surface area contributed by atoms with Crippen molar-refractivity contribution in [1.82, 2.24) is 10.2 Å². The number of nitrogens with zero attached hydrogens (tertiary/aromatic N) is 1. The molecule has 5 heteroatoms. The number of rotatable bonds is 4. The Kier molecular flexibility index (Phi) is 5.18. The first-order valence-electron chi connectivity index (χ1n) is 6.98. The fourth-order valence-corrected chi connectivity index (χ4v) is 2.81. The monoisotopic (exact) mass is 339 g/mol. The Hall–Kier alpha value is -0.910. The highest BCUT2D eigenvalue weighted by atomic mass is 79.9. The zero-order chi connectivity index (χ0) is 14.7. The summed E-state index contributed by atoms with van der Waals surface area (Å²) in [5, 5.41) is 3.04. The molecule has 1 heterocycles. The first-order valence-corrected chi connectivity index (χ1v) is 7.77. The number of hydrogen-bond acceptors (Lipinski definition) is 3. The van der Waals surface area contributed by atoms with Gasteiger partial charge >= 0.3 is 0 Å². The molecule has 1 fully saturated rings. The van der Waals surface area contributed by atoms with Crippen molar-refractivity contribution in [1.29, 1.82) is 0 Å². The molecule has 1 aliphatic rings. The van der Waals surface area contributed by atoms with Crippen molar-refractivity contribution < 1.29 is 4.79 Å². The van der Waals surface area contributed by atoms with Gasteiger partial charge in [-0.2, -0.15) is 0 Å². The van der Waals surface area contributed by atoms with Gasteiger partial charge in [-0.1, -0.05) is 35.0 Å². The van der Waals surface area contributed by atoms with E-state index in [0.29, 0.717) is 12.5 Å². The largest absolute Gasteiger partial charge is 0.348 e. The number of halogens is 1. The molecule has 1 saturated heterocycles. The van der Waals surface area contributed by atoms with E-state index in [0.717, 1.165) is 23.1 Å². The zero-order valence-corrected chi connectivity index (χ0v) is 13.6. The summed E-state index contributed by atoms with van der Waals surface area (Å²) in [4.78, 5) is 14.2. The molecule has 1 aromatic rings. The lowest BCUT2D eigenvalue weighted by atomic mass is 10.1. The molecular formula is C15H22BrN3O. The van der Waals surface area contributed by atoms with Crippen molar-refractivity contribution in [2.24, 2.45) is 11.7 Å². The van der Waals surface area contributed by atoms with Gasteiger partial charge in [-0.3, -0.25) is 9.69 Å². The lowest BCUT2D eigenvalue weighted by Gasteiger charge is -2.18. The van der Waals surface area contributed by atoms with Crippen LogP contribution in [0, 0.1) is 5.92 Å². The maximum absolute atomic E-state index is 12.1. The quantitative estimate of drug-likeness (QED) is 0.880. The highest BCUT2D eigenvalue weighted by molar-refractivity contribution is 9.10. The first-order chi connectivity index (χ1) is 9.45. The Balaban J connectivity index is 1.84. The first kappa shape index (κ1) is 15.5. The van der Waals surface area contributed by atoms with Crippen molar-refractivity contribution in [3.8, 4) is 0 Å². The third-order valence-corrected chi connectivity index (χ3v) is 4.39. The Bertz CT molecular complexity index is 453. The SMILES string of the molecule is CC(NC(=O)CN1CC(C)C(N)C1)c1ccc(Br)cc1. The number of amides is 1. The number of nitrogens with one attached hydrogen (secondary N) is 1. The third kappa shape index (κ3) is 4.04. The van der Waals surface area contributed by atoms with Crippen LogP contribution in [0.15, 0.2) is 28.7 Å². The number of nitrogens with two attached hydrogens (primary N) is 1. The molecule has 0 spiro atoms. The Morgan fingerprint density at radius 2 is 2.10 bits per heavy atom. The van der Waals surface area contributed by atoms with Crippen LogP contribution in [0.1, 0.15) is 25.5 Å². The molecule has 4 nitrogen and oxygen atoms in total. The van der Waals surface area contributed by atoms with Crippen molar-refractivity contribution in [2.75, 3.05) is 19.6 Å². The van der Waals surface area contributed by atoms with Gasteiger partial charge in [0.2, 0.25) is 5.91 Å². The molecular weight excluding hydrogens is 318 g/mol. The van der Waals surface area contributed by atoms with Crippen LogP contribution in [0.25, 0.3) is 0 Å². The summed E-state index contributed by atoms with van der Waals surface area (Å²) in [5.74, 6) is 0.522. The molecule has 3 N–H and O–H groups in total.